The molecule has 2 rings (SSSR count). The molecule has 1 heterocycles. The summed E-state index contributed by atoms with van der Waals surface area (Å²) in [5, 5.41) is 0.787. The highest BCUT2D eigenvalue weighted by Gasteiger charge is 2.15. The molecule has 0 N–H and O–H groups in total. The van der Waals surface area contributed by atoms with Crippen LogP contribution in [-0.2, 0) is 17.9 Å². The van der Waals surface area contributed by atoms with Crippen LogP contribution in [0.15, 0.2) is 42.6 Å². The molecule has 0 aliphatic rings. The molecule has 2 aromatic rings. The second-order valence-electron chi connectivity index (χ2n) is 9.32. The standard InChI is InChI=1S/C29H45ClN2O/c1-3-5-6-7-8-9-10-11-12-13-14-21-29(33)32(22-4-2)25-27-19-17-23-31(27)24-26-18-15-16-20-28(26)30/h15-20,23H,3-14,21-22,24-25H2,1-2H3. The summed E-state index contributed by atoms with van der Waals surface area (Å²) in [6.07, 6.45) is 18.1. The van der Waals surface area contributed by atoms with Crippen LogP contribution in [0.4, 0.5) is 0 Å². The zero-order valence-electron chi connectivity index (χ0n) is 21.0. The molecule has 3 nitrogen and oxygen atoms in total. The number of unbranched alkanes of at least 4 members (excludes halogenated alkanes) is 10. The molecule has 1 aromatic heterocycles. The van der Waals surface area contributed by atoms with Crippen molar-refractivity contribution in [3.8, 4) is 0 Å². The molecule has 1 aromatic carbocycles. The van der Waals surface area contributed by atoms with Crippen LogP contribution in [0.3, 0.4) is 0 Å². The minimum Gasteiger partial charge on any atom is -0.345 e. The van der Waals surface area contributed by atoms with Crippen molar-refractivity contribution in [1.29, 1.82) is 0 Å². The lowest BCUT2D eigenvalue weighted by Gasteiger charge is -2.23. The van der Waals surface area contributed by atoms with E-state index in [0.717, 1.165) is 42.2 Å². The summed E-state index contributed by atoms with van der Waals surface area (Å²) in [4.78, 5) is 15.0. The number of rotatable bonds is 18. The number of aromatic nitrogens is 1. The van der Waals surface area contributed by atoms with Gasteiger partial charge < -0.3 is 9.47 Å². The van der Waals surface area contributed by atoms with Gasteiger partial charge in [0.1, 0.15) is 0 Å². The highest BCUT2D eigenvalue weighted by molar-refractivity contribution is 6.31. The average Bonchev–Trinajstić information content (AvgIpc) is 3.25. The lowest BCUT2D eigenvalue weighted by atomic mass is 10.1. The van der Waals surface area contributed by atoms with Gasteiger partial charge >= 0.3 is 0 Å². The number of carbonyl (C=O) groups is 1. The SMILES string of the molecule is CCCCCCCCCCCCCC(=O)N(CCC)Cc1cccn1Cc1ccccc1Cl. The normalized spacial score (nSPS) is 11.1. The molecule has 0 saturated carbocycles. The lowest BCUT2D eigenvalue weighted by molar-refractivity contribution is -0.132. The smallest absolute Gasteiger partial charge is 0.222 e. The van der Waals surface area contributed by atoms with Crippen LogP contribution in [-0.4, -0.2) is 21.9 Å². The maximum atomic E-state index is 12.9. The van der Waals surface area contributed by atoms with Crippen LogP contribution in [0.5, 0.6) is 0 Å². The zero-order valence-corrected chi connectivity index (χ0v) is 21.8. The van der Waals surface area contributed by atoms with Crippen molar-refractivity contribution in [2.75, 3.05) is 6.54 Å². The maximum Gasteiger partial charge on any atom is 0.222 e. The van der Waals surface area contributed by atoms with Crippen LogP contribution in [0.25, 0.3) is 0 Å². The number of halogens is 1. The minimum absolute atomic E-state index is 0.290. The first-order valence-corrected chi connectivity index (χ1v) is 13.7. The summed E-state index contributed by atoms with van der Waals surface area (Å²) in [5.74, 6) is 0.290. The molecule has 0 atom stereocenters. The Labute approximate surface area is 207 Å². The predicted octanol–water partition coefficient (Wildman–Crippen LogP) is 8.63. The molecule has 184 valence electrons. The fraction of sp³-hybridized carbons (Fsp3) is 0.621. The fourth-order valence-electron chi connectivity index (χ4n) is 4.41. The number of amides is 1. The van der Waals surface area contributed by atoms with E-state index in [1.165, 1.54) is 64.2 Å². The van der Waals surface area contributed by atoms with E-state index in [1.54, 1.807) is 0 Å². The summed E-state index contributed by atoms with van der Waals surface area (Å²) in [5.41, 5.74) is 2.27. The van der Waals surface area contributed by atoms with Crippen molar-refractivity contribution in [2.24, 2.45) is 0 Å². The van der Waals surface area contributed by atoms with Gasteiger partial charge in [0, 0.05) is 36.4 Å². The zero-order chi connectivity index (χ0) is 23.7. The average molecular weight is 473 g/mol. The molecular weight excluding hydrogens is 428 g/mol. The molecule has 4 heteroatoms. The van der Waals surface area contributed by atoms with Crippen molar-refractivity contribution >= 4 is 17.5 Å². The highest BCUT2D eigenvalue weighted by atomic mass is 35.5. The Bertz CT molecular complexity index is 785. The quantitative estimate of drug-likeness (QED) is 0.199. The monoisotopic (exact) mass is 472 g/mol. The van der Waals surface area contributed by atoms with Crippen LogP contribution < -0.4 is 0 Å². The molecule has 0 unspecified atom stereocenters. The predicted molar refractivity (Wildman–Crippen MR) is 142 cm³/mol. The lowest BCUT2D eigenvalue weighted by Crippen LogP contribution is -2.32. The third kappa shape index (κ3) is 10.8. The van der Waals surface area contributed by atoms with Crippen molar-refractivity contribution in [1.82, 2.24) is 9.47 Å². The maximum absolute atomic E-state index is 12.9. The second-order valence-corrected chi connectivity index (χ2v) is 9.73. The number of hydrogen-bond acceptors (Lipinski definition) is 1. The molecule has 0 radical (unpaired) electrons. The van der Waals surface area contributed by atoms with Gasteiger partial charge in [0.25, 0.3) is 0 Å². The number of benzene rings is 1. The van der Waals surface area contributed by atoms with E-state index in [-0.39, 0.29) is 0 Å². The topological polar surface area (TPSA) is 25.2 Å². The first kappa shape index (κ1) is 27.5. The third-order valence-corrected chi connectivity index (χ3v) is 6.78. The van der Waals surface area contributed by atoms with E-state index in [9.17, 15) is 4.79 Å². The fourth-order valence-corrected chi connectivity index (χ4v) is 4.61. The van der Waals surface area contributed by atoms with E-state index in [2.05, 4.69) is 42.8 Å². The Hall–Kier alpha value is -1.74. The minimum atomic E-state index is 0.290. The van der Waals surface area contributed by atoms with Gasteiger partial charge in [-0.25, -0.2) is 0 Å². The molecule has 0 fully saturated rings. The Morgan fingerprint density at radius 3 is 2.09 bits per heavy atom. The van der Waals surface area contributed by atoms with Crippen LogP contribution in [0.1, 0.15) is 109 Å². The van der Waals surface area contributed by atoms with Gasteiger partial charge in [-0.05, 0) is 36.6 Å². The largest absolute Gasteiger partial charge is 0.345 e. The van der Waals surface area contributed by atoms with E-state index < -0.39 is 0 Å². The van der Waals surface area contributed by atoms with E-state index in [1.807, 2.05) is 23.1 Å². The number of nitrogens with zero attached hydrogens (tertiary/aromatic N) is 2. The summed E-state index contributed by atoms with van der Waals surface area (Å²) in [6, 6.07) is 12.2. The van der Waals surface area contributed by atoms with Gasteiger partial charge in [0.05, 0.1) is 6.54 Å². The first-order valence-electron chi connectivity index (χ1n) is 13.3. The van der Waals surface area contributed by atoms with Gasteiger partial charge in [0.2, 0.25) is 5.91 Å². The Kier molecular flexibility index (Phi) is 14.0. The van der Waals surface area contributed by atoms with Crippen LogP contribution in [0.2, 0.25) is 5.02 Å². The Balaban J connectivity index is 1.71. The van der Waals surface area contributed by atoms with Crippen LogP contribution >= 0.6 is 11.6 Å². The second kappa shape index (κ2) is 16.8. The molecule has 33 heavy (non-hydrogen) atoms. The highest BCUT2D eigenvalue weighted by Crippen LogP contribution is 2.19. The molecule has 0 aliphatic carbocycles. The van der Waals surface area contributed by atoms with Gasteiger partial charge in [-0.3, -0.25) is 4.79 Å². The van der Waals surface area contributed by atoms with E-state index in [4.69, 9.17) is 11.6 Å². The van der Waals surface area contributed by atoms with Gasteiger partial charge in [-0.1, -0.05) is 108 Å². The van der Waals surface area contributed by atoms with E-state index in [0.29, 0.717) is 18.9 Å². The van der Waals surface area contributed by atoms with Gasteiger partial charge in [-0.2, -0.15) is 0 Å². The Morgan fingerprint density at radius 1 is 0.818 bits per heavy atom. The molecular formula is C29H45ClN2O. The third-order valence-electron chi connectivity index (χ3n) is 6.42. The number of hydrogen-bond donors (Lipinski definition) is 0. The number of carbonyl (C=O) groups excluding carboxylic acids is 1. The molecule has 1 amide bonds. The van der Waals surface area contributed by atoms with Crippen molar-refractivity contribution in [3.05, 3.63) is 58.9 Å². The molecule has 0 aliphatic heterocycles. The van der Waals surface area contributed by atoms with Crippen molar-refractivity contribution in [2.45, 2.75) is 110 Å². The summed E-state index contributed by atoms with van der Waals surface area (Å²) in [6.45, 7) is 6.63. The van der Waals surface area contributed by atoms with Crippen molar-refractivity contribution in [3.63, 3.8) is 0 Å². The first-order chi connectivity index (χ1) is 16.2. The van der Waals surface area contributed by atoms with Crippen LogP contribution in [0, 0.1) is 0 Å². The molecule has 0 bridgehead atoms. The van der Waals surface area contributed by atoms with Gasteiger partial charge in [-0.15, -0.1) is 0 Å². The summed E-state index contributed by atoms with van der Waals surface area (Å²) >= 11 is 6.36. The Morgan fingerprint density at radius 2 is 1.45 bits per heavy atom. The van der Waals surface area contributed by atoms with Crippen molar-refractivity contribution < 1.29 is 4.79 Å². The molecule has 0 saturated heterocycles. The molecule has 0 spiro atoms. The summed E-state index contributed by atoms with van der Waals surface area (Å²) < 4.78 is 2.21. The van der Waals surface area contributed by atoms with E-state index >= 15 is 0 Å². The summed E-state index contributed by atoms with van der Waals surface area (Å²) in [7, 11) is 0. The van der Waals surface area contributed by atoms with Gasteiger partial charge in [0.15, 0.2) is 0 Å².